The highest BCUT2D eigenvalue weighted by molar-refractivity contribution is 8.00. The zero-order valence-electron chi connectivity index (χ0n) is 16.3. The number of rotatable bonds is 4. The van der Waals surface area contributed by atoms with Crippen LogP contribution in [0.4, 0.5) is 5.69 Å². The molecule has 0 aliphatic carbocycles. The Morgan fingerprint density at radius 3 is 2.57 bits per heavy atom. The van der Waals surface area contributed by atoms with E-state index in [1.165, 1.54) is 11.8 Å². The van der Waals surface area contributed by atoms with E-state index in [-0.39, 0.29) is 5.91 Å². The number of hydrogen-bond acceptors (Lipinski definition) is 5. The maximum absolute atomic E-state index is 12.7. The summed E-state index contributed by atoms with van der Waals surface area (Å²) in [4.78, 5) is 21.3. The second-order valence-electron chi connectivity index (χ2n) is 6.88. The highest BCUT2D eigenvalue weighted by Gasteiger charge is 2.22. The number of aryl methyl sites for hydroxylation is 1. The minimum atomic E-state index is 0.0808. The van der Waals surface area contributed by atoms with Crippen molar-refractivity contribution >= 4 is 35.0 Å². The SMILES string of the molecule is Cc1nc(SCC(=O)N2CCN(c3cccc(Cl)c3)CC2)c(C#N)c(C)c1C. The molecule has 1 aromatic carbocycles. The van der Waals surface area contributed by atoms with Crippen LogP contribution >= 0.6 is 23.4 Å². The van der Waals surface area contributed by atoms with Gasteiger partial charge in [0, 0.05) is 42.6 Å². The fourth-order valence-electron chi connectivity index (χ4n) is 3.26. The van der Waals surface area contributed by atoms with Gasteiger partial charge in [0.15, 0.2) is 0 Å². The lowest BCUT2D eigenvalue weighted by molar-refractivity contribution is -0.128. The van der Waals surface area contributed by atoms with Crippen LogP contribution in [0.25, 0.3) is 0 Å². The standard InChI is InChI=1S/C21H23ClN4OS/c1-14-15(2)19(12-23)21(24-16(14)3)28-13-20(27)26-9-7-25(8-10-26)18-6-4-5-17(22)11-18/h4-6,11H,7-10,13H2,1-3H3. The number of pyridine rings is 1. The smallest absolute Gasteiger partial charge is 0.233 e. The molecule has 0 radical (unpaired) electrons. The zero-order valence-corrected chi connectivity index (χ0v) is 17.9. The highest BCUT2D eigenvalue weighted by atomic mass is 35.5. The molecule has 2 aromatic rings. The van der Waals surface area contributed by atoms with E-state index in [2.05, 4.69) is 16.0 Å². The predicted octanol–water partition coefficient (Wildman–Crippen LogP) is 3.97. The number of piperazine rings is 1. The first-order valence-corrected chi connectivity index (χ1v) is 10.6. The Balaban J connectivity index is 1.59. The van der Waals surface area contributed by atoms with Crippen LogP contribution in [-0.4, -0.2) is 47.7 Å². The minimum absolute atomic E-state index is 0.0808. The van der Waals surface area contributed by atoms with Gasteiger partial charge in [-0.2, -0.15) is 5.26 Å². The van der Waals surface area contributed by atoms with Gasteiger partial charge < -0.3 is 9.80 Å². The van der Waals surface area contributed by atoms with Crippen LogP contribution in [0, 0.1) is 32.1 Å². The fraction of sp³-hybridized carbons (Fsp3) is 0.381. The molecule has 3 rings (SSSR count). The second-order valence-corrected chi connectivity index (χ2v) is 8.28. The molecule has 146 valence electrons. The lowest BCUT2D eigenvalue weighted by Gasteiger charge is -2.36. The van der Waals surface area contributed by atoms with Gasteiger partial charge in [0.05, 0.1) is 11.3 Å². The van der Waals surface area contributed by atoms with Crippen LogP contribution in [0.1, 0.15) is 22.4 Å². The maximum atomic E-state index is 12.7. The van der Waals surface area contributed by atoms with E-state index < -0.39 is 0 Å². The minimum Gasteiger partial charge on any atom is -0.368 e. The summed E-state index contributed by atoms with van der Waals surface area (Å²) in [5.41, 5.74) is 4.54. The van der Waals surface area contributed by atoms with Crippen molar-refractivity contribution in [2.24, 2.45) is 0 Å². The lowest BCUT2D eigenvalue weighted by atomic mass is 10.1. The summed E-state index contributed by atoms with van der Waals surface area (Å²) in [7, 11) is 0. The summed E-state index contributed by atoms with van der Waals surface area (Å²) in [5.74, 6) is 0.373. The number of carbonyl (C=O) groups is 1. The third-order valence-corrected chi connectivity index (χ3v) is 6.41. The van der Waals surface area contributed by atoms with E-state index >= 15 is 0 Å². The number of aromatic nitrogens is 1. The van der Waals surface area contributed by atoms with Gasteiger partial charge in [-0.3, -0.25) is 4.79 Å². The molecule has 0 unspecified atom stereocenters. The molecule has 0 bridgehead atoms. The quantitative estimate of drug-likeness (QED) is 0.708. The average molecular weight is 415 g/mol. The molecule has 1 fully saturated rings. The molecule has 7 heteroatoms. The van der Waals surface area contributed by atoms with Crippen molar-refractivity contribution in [1.29, 1.82) is 5.26 Å². The first-order valence-electron chi connectivity index (χ1n) is 9.19. The fourth-order valence-corrected chi connectivity index (χ4v) is 4.43. The van der Waals surface area contributed by atoms with Gasteiger partial charge in [-0.1, -0.05) is 29.4 Å². The Morgan fingerprint density at radius 1 is 1.21 bits per heavy atom. The summed E-state index contributed by atoms with van der Waals surface area (Å²) >= 11 is 7.43. The Labute approximate surface area is 175 Å². The van der Waals surface area contributed by atoms with Crippen LogP contribution in [-0.2, 0) is 4.79 Å². The zero-order chi connectivity index (χ0) is 20.3. The Kier molecular flexibility index (Phi) is 6.48. The lowest BCUT2D eigenvalue weighted by Crippen LogP contribution is -2.49. The molecule has 0 atom stereocenters. The Morgan fingerprint density at radius 2 is 1.93 bits per heavy atom. The van der Waals surface area contributed by atoms with E-state index in [0.717, 1.165) is 40.6 Å². The molecular weight excluding hydrogens is 392 g/mol. The normalized spacial score (nSPS) is 14.1. The van der Waals surface area contributed by atoms with Crippen molar-refractivity contribution in [3.05, 3.63) is 51.7 Å². The van der Waals surface area contributed by atoms with Gasteiger partial charge in [0.1, 0.15) is 11.1 Å². The second kappa shape index (κ2) is 8.85. The molecular formula is C21H23ClN4OS. The van der Waals surface area contributed by atoms with Gasteiger partial charge in [-0.25, -0.2) is 4.98 Å². The monoisotopic (exact) mass is 414 g/mol. The van der Waals surface area contributed by atoms with Gasteiger partial charge in [-0.15, -0.1) is 0 Å². The molecule has 5 nitrogen and oxygen atoms in total. The van der Waals surface area contributed by atoms with E-state index in [1.807, 2.05) is 49.9 Å². The van der Waals surface area contributed by atoms with E-state index in [1.54, 1.807) is 0 Å². The average Bonchev–Trinajstić information content (AvgIpc) is 2.70. The topological polar surface area (TPSA) is 60.2 Å². The third kappa shape index (κ3) is 4.43. The van der Waals surface area contributed by atoms with Crippen LogP contribution < -0.4 is 4.90 Å². The first kappa shape index (κ1) is 20.5. The van der Waals surface area contributed by atoms with Crippen molar-refractivity contribution in [2.45, 2.75) is 25.8 Å². The number of anilines is 1. The molecule has 0 spiro atoms. The van der Waals surface area contributed by atoms with Crippen LogP contribution in [0.3, 0.4) is 0 Å². The van der Waals surface area contributed by atoms with Crippen LogP contribution in [0.15, 0.2) is 29.3 Å². The molecule has 1 aliphatic heterocycles. The van der Waals surface area contributed by atoms with Gasteiger partial charge in [-0.05, 0) is 50.1 Å². The summed E-state index contributed by atoms with van der Waals surface area (Å²) in [5, 5.41) is 10.8. The number of nitriles is 1. The van der Waals surface area contributed by atoms with Crippen molar-refractivity contribution in [2.75, 3.05) is 36.8 Å². The summed E-state index contributed by atoms with van der Waals surface area (Å²) < 4.78 is 0. The van der Waals surface area contributed by atoms with Crippen molar-refractivity contribution in [3.63, 3.8) is 0 Å². The Hall–Kier alpha value is -2.23. The van der Waals surface area contributed by atoms with E-state index in [4.69, 9.17) is 11.6 Å². The molecule has 0 saturated carbocycles. The van der Waals surface area contributed by atoms with E-state index in [9.17, 15) is 10.1 Å². The molecule has 0 N–H and O–H groups in total. The molecule has 28 heavy (non-hydrogen) atoms. The molecule has 1 aliphatic rings. The predicted molar refractivity (Wildman–Crippen MR) is 114 cm³/mol. The summed E-state index contributed by atoms with van der Waals surface area (Å²) in [6.45, 7) is 8.75. The maximum Gasteiger partial charge on any atom is 0.233 e. The van der Waals surface area contributed by atoms with Crippen molar-refractivity contribution in [1.82, 2.24) is 9.88 Å². The highest BCUT2D eigenvalue weighted by Crippen LogP contribution is 2.27. The first-order chi connectivity index (χ1) is 13.4. The largest absolute Gasteiger partial charge is 0.368 e. The number of halogens is 1. The van der Waals surface area contributed by atoms with Gasteiger partial charge in [0.25, 0.3) is 0 Å². The van der Waals surface area contributed by atoms with Crippen molar-refractivity contribution in [3.8, 4) is 6.07 Å². The number of thioether (sulfide) groups is 1. The molecule has 1 aromatic heterocycles. The number of amides is 1. The number of hydrogen-bond donors (Lipinski definition) is 0. The molecule has 1 amide bonds. The third-order valence-electron chi connectivity index (χ3n) is 5.21. The molecule has 1 saturated heterocycles. The number of benzene rings is 1. The van der Waals surface area contributed by atoms with Crippen molar-refractivity contribution < 1.29 is 4.79 Å². The van der Waals surface area contributed by atoms with Crippen LogP contribution in [0.2, 0.25) is 5.02 Å². The van der Waals surface area contributed by atoms with E-state index in [0.29, 0.717) is 29.4 Å². The van der Waals surface area contributed by atoms with Crippen LogP contribution in [0.5, 0.6) is 0 Å². The Bertz CT molecular complexity index is 933. The summed E-state index contributed by atoms with van der Waals surface area (Å²) in [6, 6.07) is 10.0. The van der Waals surface area contributed by atoms with Gasteiger partial charge >= 0.3 is 0 Å². The number of nitrogens with zero attached hydrogens (tertiary/aromatic N) is 4. The number of carbonyl (C=O) groups excluding carboxylic acids is 1. The molecule has 2 heterocycles. The van der Waals surface area contributed by atoms with Gasteiger partial charge in [0.2, 0.25) is 5.91 Å². The summed E-state index contributed by atoms with van der Waals surface area (Å²) in [6.07, 6.45) is 0.